The number of nitrogens with zero attached hydrogens (tertiary/aromatic N) is 1. The van der Waals surface area contributed by atoms with Gasteiger partial charge >= 0.3 is 5.97 Å². The van der Waals surface area contributed by atoms with Crippen LogP contribution >= 0.6 is 0 Å². The van der Waals surface area contributed by atoms with Crippen molar-refractivity contribution in [2.75, 3.05) is 7.05 Å². The van der Waals surface area contributed by atoms with Crippen LogP contribution in [0.15, 0.2) is 24.3 Å². The molecule has 3 unspecified atom stereocenters. The Morgan fingerprint density at radius 3 is 2.57 bits per heavy atom. The third kappa shape index (κ3) is 4.31. The summed E-state index contributed by atoms with van der Waals surface area (Å²) in [4.78, 5) is 13.4. The van der Waals surface area contributed by atoms with E-state index in [4.69, 9.17) is 5.11 Å². The number of hydrogen-bond donors (Lipinski definition) is 1. The third-order valence-electron chi connectivity index (χ3n) is 4.81. The van der Waals surface area contributed by atoms with E-state index in [1.54, 1.807) is 6.92 Å². The Kier molecular flexibility index (Phi) is 5.40. The van der Waals surface area contributed by atoms with Crippen LogP contribution in [-0.4, -0.2) is 29.1 Å². The van der Waals surface area contributed by atoms with Crippen LogP contribution in [-0.2, 0) is 11.3 Å². The molecule has 1 aromatic carbocycles. The molecule has 0 spiro atoms. The van der Waals surface area contributed by atoms with Crippen molar-refractivity contribution in [3.63, 3.8) is 0 Å². The molecule has 1 fully saturated rings. The van der Waals surface area contributed by atoms with E-state index in [0.29, 0.717) is 6.04 Å². The van der Waals surface area contributed by atoms with Crippen LogP contribution in [0.25, 0.3) is 0 Å². The minimum atomic E-state index is -0.768. The molecule has 0 aliphatic heterocycles. The molecule has 3 nitrogen and oxygen atoms in total. The van der Waals surface area contributed by atoms with Crippen molar-refractivity contribution in [2.24, 2.45) is 5.92 Å². The summed E-state index contributed by atoms with van der Waals surface area (Å²) in [6.07, 6.45) is 5.30. The van der Waals surface area contributed by atoms with Crippen molar-refractivity contribution >= 4 is 5.97 Å². The zero-order valence-corrected chi connectivity index (χ0v) is 13.4. The average molecular weight is 289 g/mol. The minimum Gasteiger partial charge on any atom is -0.481 e. The normalized spacial score (nSPS) is 24.0. The number of carboxylic acid groups (broad SMARTS) is 1. The standard InChI is InChI=1S/C18H27NO2/c1-13-5-4-6-17(11-13)19(3)12-15-7-9-16(10-8-15)14(2)18(20)21/h7-10,13-14,17H,4-6,11-12H2,1-3H3,(H,20,21). The van der Waals surface area contributed by atoms with Crippen LogP contribution in [0.5, 0.6) is 0 Å². The Labute approximate surface area is 128 Å². The number of rotatable bonds is 5. The van der Waals surface area contributed by atoms with Crippen molar-refractivity contribution in [2.45, 2.75) is 58.0 Å². The maximum atomic E-state index is 11.0. The number of benzene rings is 1. The topological polar surface area (TPSA) is 40.5 Å². The van der Waals surface area contributed by atoms with Gasteiger partial charge in [-0.15, -0.1) is 0 Å². The molecule has 1 aliphatic carbocycles. The minimum absolute atomic E-state index is 0.434. The molecule has 1 N–H and O–H groups in total. The molecule has 0 saturated heterocycles. The first-order valence-electron chi connectivity index (χ1n) is 7.99. The molecule has 0 heterocycles. The molecule has 0 aromatic heterocycles. The van der Waals surface area contributed by atoms with Crippen LogP contribution in [0.1, 0.15) is 56.6 Å². The summed E-state index contributed by atoms with van der Waals surface area (Å²) in [6, 6.07) is 8.72. The van der Waals surface area contributed by atoms with Gasteiger partial charge in [0.15, 0.2) is 0 Å². The van der Waals surface area contributed by atoms with E-state index >= 15 is 0 Å². The van der Waals surface area contributed by atoms with Crippen LogP contribution in [0.4, 0.5) is 0 Å². The molecule has 21 heavy (non-hydrogen) atoms. The van der Waals surface area contributed by atoms with Gasteiger partial charge in [-0.3, -0.25) is 9.69 Å². The summed E-state index contributed by atoms with van der Waals surface area (Å²) < 4.78 is 0. The third-order valence-corrected chi connectivity index (χ3v) is 4.81. The van der Waals surface area contributed by atoms with E-state index in [2.05, 4.69) is 31.0 Å². The van der Waals surface area contributed by atoms with Crippen molar-refractivity contribution in [3.05, 3.63) is 35.4 Å². The largest absolute Gasteiger partial charge is 0.481 e. The van der Waals surface area contributed by atoms with Crippen molar-refractivity contribution in [1.82, 2.24) is 4.90 Å². The Morgan fingerprint density at radius 2 is 2.00 bits per heavy atom. The van der Waals surface area contributed by atoms with E-state index in [0.717, 1.165) is 18.0 Å². The van der Waals surface area contributed by atoms with E-state index in [1.165, 1.54) is 31.2 Å². The average Bonchev–Trinajstić information content (AvgIpc) is 2.47. The summed E-state index contributed by atoms with van der Waals surface area (Å²) >= 11 is 0. The second-order valence-corrected chi connectivity index (χ2v) is 6.64. The lowest BCUT2D eigenvalue weighted by Gasteiger charge is -2.34. The molecule has 2 rings (SSSR count). The molecular weight excluding hydrogens is 262 g/mol. The van der Waals surface area contributed by atoms with E-state index in [9.17, 15) is 4.79 Å². The molecule has 0 bridgehead atoms. The van der Waals surface area contributed by atoms with Gasteiger partial charge < -0.3 is 5.11 Å². The summed E-state index contributed by atoms with van der Waals surface area (Å²) in [5, 5.41) is 9.04. The van der Waals surface area contributed by atoms with Crippen LogP contribution in [0, 0.1) is 5.92 Å². The van der Waals surface area contributed by atoms with Crippen LogP contribution < -0.4 is 0 Å². The maximum absolute atomic E-state index is 11.0. The van der Waals surface area contributed by atoms with Gasteiger partial charge in [-0.2, -0.15) is 0 Å². The van der Waals surface area contributed by atoms with Gasteiger partial charge in [-0.1, -0.05) is 44.0 Å². The highest BCUT2D eigenvalue weighted by Crippen LogP contribution is 2.27. The molecule has 1 aliphatic rings. The lowest BCUT2D eigenvalue weighted by Crippen LogP contribution is -2.35. The first-order valence-corrected chi connectivity index (χ1v) is 7.99. The highest BCUT2D eigenvalue weighted by Gasteiger charge is 2.22. The van der Waals surface area contributed by atoms with Gasteiger partial charge in [0, 0.05) is 12.6 Å². The van der Waals surface area contributed by atoms with E-state index < -0.39 is 11.9 Å². The van der Waals surface area contributed by atoms with Crippen molar-refractivity contribution in [3.8, 4) is 0 Å². The first kappa shape index (κ1) is 16.0. The fourth-order valence-electron chi connectivity index (χ4n) is 3.27. The maximum Gasteiger partial charge on any atom is 0.310 e. The zero-order valence-electron chi connectivity index (χ0n) is 13.4. The summed E-state index contributed by atoms with van der Waals surface area (Å²) in [6.45, 7) is 5.02. The van der Waals surface area contributed by atoms with Crippen LogP contribution in [0.2, 0.25) is 0 Å². The quantitative estimate of drug-likeness (QED) is 0.894. The molecule has 3 heteroatoms. The predicted molar refractivity (Wildman–Crippen MR) is 85.4 cm³/mol. The number of carboxylic acids is 1. The lowest BCUT2D eigenvalue weighted by molar-refractivity contribution is -0.138. The highest BCUT2D eigenvalue weighted by atomic mass is 16.4. The highest BCUT2D eigenvalue weighted by molar-refractivity contribution is 5.75. The van der Waals surface area contributed by atoms with Crippen LogP contribution in [0.3, 0.4) is 0 Å². The number of aliphatic carboxylic acids is 1. The van der Waals surface area contributed by atoms with Gasteiger partial charge in [0.2, 0.25) is 0 Å². The number of hydrogen-bond acceptors (Lipinski definition) is 2. The summed E-state index contributed by atoms with van der Waals surface area (Å²) in [5.74, 6) is -0.364. The summed E-state index contributed by atoms with van der Waals surface area (Å²) in [7, 11) is 2.20. The lowest BCUT2D eigenvalue weighted by atomic mass is 9.86. The Bertz CT molecular complexity index is 469. The SMILES string of the molecule is CC1CCCC(N(C)Cc2ccc(C(C)C(=O)O)cc2)C1. The van der Waals surface area contributed by atoms with Crippen molar-refractivity contribution < 1.29 is 9.90 Å². The second kappa shape index (κ2) is 7.08. The van der Waals surface area contributed by atoms with Gasteiger partial charge in [-0.25, -0.2) is 0 Å². The molecule has 1 saturated carbocycles. The van der Waals surface area contributed by atoms with Gasteiger partial charge in [0.1, 0.15) is 0 Å². The van der Waals surface area contributed by atoms with Gasteiger partial charge in [0.05, 0.1) is 5.92 Å². The fraction of sp³-hybridized carbons (Fsp3) is 0.611. The second-order valence-electron chi connectivity index (χ2n) is 6.64. The molecule has 1 aromatic rings. The van der Waals surface area contributed by atoms with E-state index in [1.807, 2.05) is 12.1 Å². The molecule has 0 radical (unpaired) electrons. The molecule has 3 atom stereocenters. The van der Waals surface area contributed by atoms with Crippen molar-refractivity contribution in [1.29, 1.82) is 0 Å². The molecule has 0 amide bonds. The smallest absolute Gasteiger partial charge is 0.310 e. The van der Waals surface area contributed by atoms with E-state index in [-0.39, 0.29) is 0 Å². The van der Waals surface area contributed by atoms with Gasteiger partial charge in [-0.05, 0) is 43.9 Å². The first-order chi connectivity index (χ1) is 9.97. The number of carbonyl (C=O) groups is 1. The molecule has 116 valence electrons. The predicted octanol–water partition coefficient (Wildman–Crippen LogP) is 3.89. The summed E-state index contributed by atoms with van der Waals surface area (Å²) in [5.41, 5.74) is 2.14. The molecular formula is C18H27NO2. The van der Waals surface area contributed by atoms with Gasteiger partial charge in [0.25, 0.3) is 0 Å². The Balaban J connectivity index is 1.95. The fourth-order valence-corrected chi connectivity index (χ4v) is 3.27. The zero-order chi connectivity index (χ0) is 15.4. The Hall–Kier alpha value is -1.35. The Morgan fingerprint density at radius 1 is 1.33 bits per heavy atom. The monoisotopic (exact) mass is 289 g/mol.